The van der Waals surface area contributed by atoms with Crippen molar-refractivity contribution in [2.24, 2.45) is 0 Å². The van der Waals surface area contributed by atoms with Crippen LogP contribution in [0.2, 0.25) is 0 Å². The minimum Gasteiger partial charge on any atom is -0.454 e. The number of nitriles is 1. The topological polar surface area (TPSA) is 66.2 Å². The van der Waals surface area contributed by atoms with Gasteiger partial charge in [0, 0.05) is 22.8 Å². The summed E-state index contributed by atoms with van der Waals surface area (Å²) in [4.78, 5) is 18.6. The monoisotopic (exact) mass is 453 g/mol. The van der Waals surface area contributed by atoms with Gasteiger partial charge >= 0.3 is 0 Å². The summed E-state index contributed by atoms with van der Waals surface area (Å²) >= 11 is 3.33. The molecule has 0 atom stereocenters. The summed E-state index contributed by atoms with van der Waals surface area (Å²) in [5, 5.41) is 8.89. The van der Waals surface area contributed by atoms with Crippen LogP contribution in [0.3, 0.4) is 0 Å². The van der Waals surface area contributed by atoms with E-state index in [-0.39, 0.29) is 36.7 Å². The van der Waals surface area contributed by atoms with Crippen molar-refractivity contribution < 1.29 is 13.9 Å². The Bertz CT molecular complexity index is 1020. The van der Waals surface area contributed by atoms with Crippen LogP contribution in [0, 0.1) is 17.1 Å². The first-order valence-corrected chi connectivity index (χ1v) is 9.65. The van der Waals surface area contributed by atoms with E-state index in [1.807, 2.05) is 12.1 Å². The van der Waals surface area contributed by atoms with Gasteiger partial charge < -0.3 is 9.64 Å². The molecule has 0 N–H and O–H groups in total. The Morgan fingerprint density at radius 3 is 2.62 bits per heavy atom. The van der Waals surface area contributed by atoms with Gasteiger partial charge in [-0.25, -0.2) is 4.39 Å². The van der Waals surface area contributed by atoms with Crippen molar-refractivity contribution in [3.8, 4) is 17.6 Å². The molecule has 0 unspecified atom stereocenters. The number of nitrogens with zero attached hydrogens (tertiary/aromatic N) is 3. The first-order valence-electron chi connectivity index (χ1n) is 8.86. The molecular weight excluding hydrogens is 437 g/mol. The Kier molecular flexibility index (Phi) is 6.93. The van der Waals surface area contributed by atoms with Gasteiger partial charge in [0.15, 0.2) is 11.6 Å². The number of hydrogen-bond donors (Lipinski definition) is 0. The zero-order chi connectivity index (χ0) is 20.6. The number of carbonyl (C=O) groups excluding carboxylic acids is 1. The normalized spacial score (nSPS) is 10.2. The van der Waals surface area contributed by atoms with E-state index < -0.39 is 5.82 Å². The molecule has 0 aliphatic heterocycles. The van der Waals surface area contributed by atoms with Crippen molar-refractivity contribution in [2.45, 2.75) is 13.0 Å². The lowest BCUT2D eigenvalue weighted by atomic mass is 10.1. The molecule has 0 radical (unpaired) electrons. The third-order valence-electron chi connectivity index (χ3n) is 4.08. The molecule has 29 heavy (non-hydrogen) atoms. The highest BCUT2D eigenvalue weighted by atomic mass is 79.9. The predicted molar refractivity (Wildman–Crippen MR) is 110 cm³/mol. The highest BCUT2D eigenvalue weighted by Crippen LogP contribution is 2.27. The van der Waals surface area contributed by atoms with Crippen LogP contribution in [0.25, 0.3) is 0 Å². The van der Waals surface area contributed by atoms with Crippen molar-refractivity contribution in [2.75, 3.05) is 6.54 Å². The highest BCUT2D eigenvalue weighted by molar-refractivity contribution is 9.10. The van der Waals surface area contributed by atoms with E-state index in [2.05, 4.69) is 20.9 Å². The van der Waals surface area contributed by atoms with Crippen LogP contribution < -0.4 is 4.74 Å². The fourth-order valence-corrected chi connectivity index (χ4v) is 2.92. The number of aromatic nitrogens is 1. The van der Waals surface area contributed by atoms with Crippen molar-refractivity contribution in [3.63, 3.8) is 0 Å². The standard InChI is InChI=1S/C22H17BrFN3O2/c23-17-6-8-19(9-7-17)29-21-10-5-16(14-20(21)24)22(28)27(13-3-11-25)15-18-4-1-2-12-26-18/h1-2,4-10,12,14H,3,13,15H2. The van der Waals surface area contributed by atoms with E-state index in [1.54, 1.807) is 42.6 Å². The van der Waals surface area contributed by atoms with Crippen molar-refractivity contribution in [1.82, 2.24) is 9.88 Å². The van der Waals surface area contributed by atoms with Gasteiger partial charge in [0.25, 0.3) is 5.91 Å². The van der Waals surface area contributed by atoms with Crippen molar-refractivity contribution >= 4 is 21.8 Å². The highest BCUT2D eigenvalue weighted by Gasteiger charge is 2.18. The van der Waals surface area contributed by atoms with Gasteiger partial charge in [-0.3, -0.25) is 9.78 Å². The summed E-state index contributed by atoms with van der Waals surface area (Å²) in [6.45, 7) is 0.463. The largest absolute Gasteiger partial charge is 0.454 e. The number of benzene rings is 2. The van der Waals surface area contributed by atoms with E-state index in [1.165, 1.54) is 17.0 Å². The second-order valence-corrected chi connectivity index (χ2v) is 7.07. The summed E-state index contributed by atoms with van der Waals surface area (Å²) < 4.78 is 21.0. The fourth-order valence-electron chi connectivity index (χ4n) is 2.65. The SMILES string of the molecule is N#CCCN(Cc1ccccn1)C(=O)c1ccc(Oc2ccc(Br)cc2)c(F)c1. The van der Waals surface area contributed by atoms with Crippen LogP contribution >= 0.6 is 15.9 Å². The van der Waals surface area contributed by atoms with Crippen LogP contribution in [0.4, 0.5) is 4.39 Å². The molecule has 0 saturated heterocycles. The zero-order valence-electron chi connectivity index (χ0n) is 15.4. The number of rotatable bonds is 7. The first-order chi connectivity index (χ1) is 14.1. The molecule has 146 valence electrons. The van der Waals surface area contributed by atoms with Crippen molar-refractivity contribution in [1.29, 1.82) is 5.26 Å². The molecule has 0 aliphatic carbocycles. The Morgan fingerprint density at radius 1 is 1.17 bits per heavy atom. The van der Waals surface area contributed by atoms with Gasteiger partial charge in [-0.15, -0.1) is 0 Å². The summed E-state index contributed by atoms with van der Waals surface area (Å²) in [6.07, 6.45) is 1.81. The second kappa shape index (κ2) is 9.80. The van der Waals surface area contributed by atoms with Gasteiger partial charge in [-0.2, -0.15) is 5.26 Å². The zero-order valence-corrected chi connectivity index (χ0v) is 17.0. The molecule has 5 nitrogen and oxygen atoms in total. The maximum absolute atomic E-state index is 14.5. The van der Waals surface area contributed by atoms with Crippen molar-refractivity contribution in [3.05, 3.63) is 88.4 Å². The average molecular weight is 454 g/mol. The lowest BCUT2D eigenvalue weighted by Crippen LogP contribution is -2.31. The van der Waals surface area contributed by atoms with Crippen LogP contribution in [0.5, 0.6) is 11.5 Å². The van der Waals surface area contributed by atoms with Gasteiger partial charge in [0.2, 0.25) is 0 Å². The Balaban J connectivity index is 1.77. The van der Waals surface area contributed by atoms with E-state index in [0.29, 0.717) is 11.4 Å². The molecule has 3 rings (SSSR count). The molecule has 0 spiro atoms. The average Bonchev–Trinajstić information content (AvgIpc) is 2.74. The second-order valence-electron chi connectivity index (χ2n) is 6.16. The predicted octanol–water partition coefficient (Wildman–Crippen LogP) is 5.33. The fraction of sp³-hybridized carbons (Fsp3) is 0.136. The molecule has 3 aromatic rings. The third-order valence-corrected chi connectivity index (χ3v) is 4.61. The summed E-state index contributed by atoms with van der Waals surface area (Å²) in [6, 6.07) is 18.5. The van der Waals surface area contributed by atoms with Crippen LogP contribution in [-0.4, -0.2) is 22.3 Å². The molecule has 7 heteroatoms. The number of halogens is 2. The number of hydrogen-bond acceptors (Lipinski definition) is 4. The lowest BCUT2D eigenvalue weighted by molar-refractivity contribution is 0.0744. The van der Waals surface area contributed by atoms with Crippen LogP contribution in [-0.2, 0) is 6.54 Å². The lowest BCUT2D eigenvalue weighted by Gasteiger charge is -2.21. The Labute approximate surface area is 176 Å². The third kappa shape index (κ3) is 5.62. The maximum Gasteiger partial charge on any atom is 0.254 e. The molecule has 0 saturated carbocycles. The summed E-state index contributed by atoms with van der Waals surface area (Å²) in [5.41, 5.74) is 0.869. The van der Waals surface area contributed by atoms with Gasteiger partial charge in [0.05, 0.1) is 24.7 Å². The molecular formula is C22H17BrFN3O2. The number of carbonyl (C=O) groups is 1. The van der Waals surface area contributed by atoms with E-state index in [9.17, 15) is 9.18 Å². The number of ether oxygens (including phenoxy) is 1. The maximum atomic E-state index is 14.5. The van der Waals surface area contributed by atoms with E-state index >= 15 is 0 Å². The molecule has 0 bridgehead atoms. The molecule has 0 aliphatic rings. The van der Waals surface area contributed by atoms with Crippen LogP contribution in [0.1, 0.15) is 22.5 Å². The van der Waals surface area contributed by atoms with Gasteiger partial charge in [-0.1, -0.05) is 22.0 Å². The molecule has 2 aromatic carbocycles. The minimum atomic E-state index is -0.642. The smallest absolute Gasteiger partial charge is 0.254 e. The quantitative estimate of drug-likeness (QED) is 0.484. The van der Waals surface area contributed by atoms with Gasteiger partial charge in [0.1, 0.15) is 5.75 Å². The van der Waals surface area contributed by atoms with Crippen LogP contribution in [0.15, 0.2) is 71.3 Å². The van der Waals surface area contributed by atoms with E-state index in [4.69, 9.17) is 10.00 Å². The molecule has 0 fully saturated rings. The van der Waals surface area contributed by atoms with Gasteiger partial charge in [-0.05, 0) is 54.6 Å². The molecule has 1 heterocycles. The summed E-state index contributed by atoms with van der Waals surface area (Å²) in [7, 11) is 0. The first kappa shape index (κ1) is 20.5. The number of amides is 1. The molecule has 1 aromatic heterocycles. The Morgan fingerprint density at radius 2 is 1.97 bits per heavy atom. The number of pyridine rings is 1. The Hall–Kier alpha value is -3.24. The molecule has 1 amide bonds. The van der Waals surface area contributed by atoms with E-state index in [0.717, 1.165) is 10.5 Å². The summed E-state index contributed by atoms with van der Waals surface area (Å²) in [5.74, 6) is -0.508. The minimum absolute atomic E-state index is 0.0252.